The molecule has 1 aromatic carbocycles. The molecule has 12 heteroatoms. The first-order valence-electron chi connectivity index (χ1n) is 7.63. The molecule has 0 spiro atoms. The minimum Gasteiger partial charge on any atom is -0.406 e. The number of anilines is 1. The van der Waals surface area contributed by atoms with Gasteiger partial charge in [-0.2, -0.15) is 0 Å². The molecule has 148 valence electrons. The average Bonchev–Trinajstić information content (AvgIpc) is 3.19. The highest BCUT2D eigenvalue weighted by atomic mass is 79.9. The van der Waals surface area contributed by atoms with Crippen LogP contribution in [0.1, 0.15) is 0 Å². The van der Waals surface area contributed by atoms with Crippen molar-refractivity contribution in [2.45, 2.75) is 11.5 Å². The van der Waals surface area contributed by atoms with Crippen LogP contribution in [0.5, 0.6) is 5.75 Å². The SMILES string of the molecule is Cn1c(SCC(=O)Nc2ccc(OC(F)(F)F)cc2)nnc1-c1cc(Br)cs1. The van der Waals surface area contributed by atoms with Crippen LogP contribution in [-0.4, -0.2) is 32.8 Å². The molecule has 0 radical (unpaired) electrons. The first kappa shape index (κ1) is 20.7. The van der Waals surface area contributed by atoms with Gasteiger partial charge < -0.3 is 14.6 Å². The molecule has 3 rings (SSSR count). The lowest BCUT2D eigenvalue weighted by atomic mass is 10.3. The number of hydrogen-bond acceptors (Lipinski definition) is 6. The maximum absolute atomic E-state index is 12.1. The number of rotatable bonds is 6. The fraction of sp³-hybridized carbons (Fsp3) is 0.188. The van der Waals surface area contributed by atoms with Crippen LogP contribution < -0.4 is 10.1 Å². The van der Waals surface area contributed by atoms with Gasteiger partial charge in [0.2, 0.25) is 5.91 Å². The van der Waals surface area contributed by atoms with Gasteiger partial charge in [0, 0.05) is 22.6 Å². The Morgan fingerprint density at radius 1 is 1.32 bits per heavy atom. The quantitative estimate of drug-likeness (QED) is 0.493. The zero-order chi connectivity index (χ0) is 20.3. The molecule has 0 bridgehead atoms. The van der Waals surface area contributed by atoms with Crippen molar-refractivity contribution in [1.82, 2.24) is 14.8 Å². The largest absolute Gasteiger partial charge is 0.573 e. The van der Waals surface area contributed by atoms with Crippen molar-refractivity contribution in [3.63, 3.8) is 0 Å². The molecule has 6 nitrogen and oxygen atoms in total. The highest BCUT2D eigenvalue weighted by molar-refractivity contribution is 9.10. The average molecular weight is 493 g/mol. The van der Waals surface area contributed by atoms with E-state index in [0.717, 1.165) is 21.5 Å². The van der Waals surface area contributed by atoms with E-state index in [1.54, 1.807) is 4.57 Å². The van der Waals surface area contributed by atoms with Crippen LogP contribution in [0.2, 0.25) is 0 Å². The van der Waals surface area contributed by atoms with Crippen molar-refractivity contribution in [3.8, 4) is 16.5 Å². The minimum absolute atomic E-state index is 0.0703. The van der Waals surface area contributed by atoms with E-state index < -0.39 is 6.36 Å². The monoisotopic (exact) mass is 492 g/mol. The zero-order valence-corrected chi connectivity index (χ0v) is 17.4. The van der Waals surface area contributed by atoms with Gasteiger partial charge in [-0.3, -0.25) is 4.79 Å². The molecular weight excluding hydrogens is 481 g/mol. The van der Waals surface area contributed by atoms with E-state index >= 15 is 0 Å². The van der Waals surface area contributed by atoms with Gasteiger partial charge in [0.15, 0.2) is 11.0 Å². The minimum atomic E-state index is -4.75. The topological polar surface area (TPSA) is 69.0 Å². The first-order valence-corrected chi connectivity index (χ1v) is 10.3. The van der Waals surface area contributed by atoms with Crippen LogP contribution >= 0.6 is 39.0 Å². The van der Waals surface area contributed by atoms with Crippen LogP contribution in [0.15, 0.2) is 45.3 Å². The Balaban J connectivity index is 1.55. The van der Waals surface area contributed by atoms with Crippen molar-refractivity contribution in [2.75, 3.05) is 11.1 Å². The van der Waals surface area contributed by atoms with Crippen LogP contribution in [-0.2, 0) is 11.8 Å². The Morgan fingerprint density at radius 2 is 2.04 bits per heavy atom. The summed E-state index contributed by atoms with van der Waals surface area (Å²) in [5.74, 6) is 0.0875. The molecular formula is C16H12BrF3N4O2S2. The number of thiophene rings is 1. The molecule has 0 atom stereocenters. The molecule has 0 unspecified atom stereocenters. The van der Waals surface area contributed by atoms with Crippen LogP contribution in [0.4, 0.5) is 18.9 Å². The number of alkyl halides is 3. The number of nitrogens with zero attached hydrogens (tertiary/aromatic N) is 3. The molecule has 3 aromatic rings. The molecule has 1 amide bonds. The molecule has 2 aromatic heterocycles. The summed E-state index contributed by atoms with van der Waals surface area (Å²) in [6.45, 7) is 0. The number of benzene rings is 1. The number of thioether (sulfide) groups is 1. The molecule has 0 aliphatic rings. The van der Waals surface area contributed by atoms with E-state index in [1.807, 2.05) is 18.5 Å². The number of carbonyl (C=O) groups is 1. The van der Waals surface area contributed by atoms with Gasteiger partial charge in [0.05, 0.1) is 10.6 Å². The highest BCUT2D eigenvalue weighted by Crippen LogP contribution is 2.30. The van der Waals surface area contributed by atoms with Gasteiger partial charge in [-0.25, -0.2) is 0 Å². The summed E-state index contributed by atoms with van der Waals surface area (Å²) >= 11 is 6.12. The maximum atomic E-state index is 12.1. The van der Waals surface area contributed by atoms with Gasteiger partial charge in [0.25, 0.3) is 0 Å². The summed E-state index contributed by atoms with van der Waals surface area (Å²) in [6.07, 6.45) is -4.75. The second-order valence-corrected chi connectivity index (χ2v) is 8.17. The number of aromatic nitrogens is 3. The summed E-state index contributed by atoms with van der Waals surface area (Å²) in [6, 6.07) is 6.86. The Hall–Kier alpha value is -2.05. The van der Waals surface area contributed by atoms with E-state index in [9.17, 15) is 18.0 Å². The highest BCUT2D eigenvalue weighted by Gasteiger charge is 2.30. The van der Waals surface area contributed by atoms with Crippen molar-refractivity contribution in [1.29, 1.82) is 0 Å². The van der Waals surface area contributed by atoms with Crippen LogP contribution in [0, 0.1) is 0 Å². The number of carbonyl (C=O) groups excluding carboxylic acids is 1. The van der Waals surface area contributed by atoms with Gasteiger partial charge >= 0.3 is 6.36 Å². The molecule has 28 heavy (non-hydrogen) atoms. The summed E-state index contributed by atoms with van der Waals surface area (Å²) in [7, 11) is 1.81. The van der Waals surface area contributed by atoms with E-state index in [0.29, 0.717) is 16.7 Å². The predicted octanol–water partition coefficient (Wildman–Crippen LogP) is 4.94. The molecule has 0 saturated heterocycles. The third-order valence-electron chi connectivity index (χ3n) is 3.33. The summed E-state index contributed by atoms with van der Waals surface area (Å²) in [5.41, 5.74) is 0.363. The Morgan fingerprint density at radius 3 is 2.64 bits per heavy atom. The number of hydrogen-bond donors (Lipinski definition) is 1. The molecule has 0 aliphatic carbocycles. The number of amides is 1. The van der Waals surface area contributed by atoms with Gasteiger partial charge in [0.1, 0.15) is 5.75 Å². The van der Waals surface area contributed by atoms with E-state index in [4.69, 9.17) is 0 Å². The van der Waals surface area contributed by atoms with Gasteiger partial charge in [-0.15, -0.1) is 34.7 Å². The fourth-order valence-electron chi connectivity index (χ4n) is 2.15. The standard InChI is InChI=1S/C16H12BrF3N4O2S2/c1-24-14(12-6-9(17)7-27-12)22-23-15(24)28-8-13(25)21-10-2-4-11(5-3-10)26-16(18,19)20/h2-7H,8H2,1H3,(H,21,25). The summed E-state index contributed by atoms with van der Waals surface area (Å²) < 4.78 is 43.0. The van der Waals surface area contributed by atoms with E-state index in [1.165, 1.54) is 35.2 Å². The number of nitrogens with one attached hydrogen (secondary N) is 1. The number of ether oxygens (including phenoxy) is 1. The summed E-state index contributed by atoms with van der Waals surface area (Å²) in [5, 5.41) is 13.4. The number of halogens is 4. The normalized spacial score (nSPS) is 11.5. The lowest BCUT2D eigenvalue weighted by molar-refractivity contribution is -0.274. The Kier molecular flexibility index (Phi) is 6.30. The predicted molar refractivity (Wildman–Crippen MR) is 104 cm³/mol. The van der Waals surface area contributed by atoms with E-state index in [-0.39, 0.29) is 17.4 Å². The maximum Gasteiger partial charge on any atom is 0.573 e. The molecule has 0 aliphatic heterocycles. The van der Waals surface area contributed by atoms with E-state index in [2.05, 4.69) is 36.2 Å². The van der Waals surface area contributed by atoms with Crippen molar-refractivity contribution in [3.05, 3.63) is 40.2 Å². The molecule has 2 heterocycles. The fourth-order valence-corrected chi connectivity index (χ4v) is 4.31. The van der Waals surface area contributed by atoms with Crippen molar-refractivity contribution < 1.29 is 22.7 Å². The van der Waals surface area contributed by atoms with Gasteiger partial charge in [-0.05, 0) is 46.3 Å². The molecule has 1 N–H and O–H groups in total. The first-order chi connectivity index (χ1) is 13.2. The zero-order valence-electron chi connectivity index (χ0n) is 14.2. The van der Waals surface area contributed by atoms with Crippen LogP contribution in [0.25, 0.3) is 10.7 Å². The summed E-state index contributed by atoms with van der Waals surface area (Å²) in [4.78, 5) is 13.0. The Bertz CT molecular complexity index is 973. The van der Waals surface area contributed by atoms with Crippen molar-refractivity contribution >= 4 is 50.6 Å². The third-order valence-corrected chi connectivity index (χ3v) is 6.03. The Labute approximate surface area is 174 Å². The molecule has 0 fully saturated rings. The third kappa shape index (κ3) is 5.49. The lowest BCUT2D eigenvalue weighted by Gasteiger charge is -2.10. The van der Waals surface area contributed by atoms with Crippen LogP contribution in [0.3, 0.4) is 0 Å². The lowest BCUT2D eigenvalue weighted by Crippen LogP contribution is -2.17. The second kappa shape index (κ2) is 8.53. The van der Waals surface area contributed by atoms with Crippen molar-refractivity contribution in [2.24, 2.45) is 7.05 Å². The smallest absolute Gasteiger partial charge is 0.406 e. The van der Waals surface area contributed by atoms with Gasteiger partial charge in [-0.1, -0.05) is 11.8 Å². The molecule has 0 saturated carbocycles. The second-order valence-electron chi connectivity index (χ2n) is 5.40.